The molecule has 0 atom stereocenters. The maximum absolute atomic E-state index is 13.5. The molecule has 0 saturated carbocycles. The number of rotatable bonds is 5. The van der Waals surface area contributed by atoms with Gasteiger partial charge in [-0.2, -0.15) is 0 Å². The number of carbonyl (C=O) groups excluding carboxylic acids is 3. The highest BCUT2D eigenvalue weighted by atomic mass is 32.1. The minimum atomic E-state index is -0.542. The summed E-state index contributed by atoms with van der Waals surface area (Å²) >= 11 is 5.34. The molecule has 1 aliphatic rings. The topological polar surface area (TPSA) is 80.6 Å². The van der Waals surface area contributed by atoms with Crippen LogP contribution in [0.3, 0.4) is 0 Å². The molecule has 1 aliphatic heterocycles. The van der Waals surface area contributed by atoms with E-state index in [1.54, 1.807) is 31.2 Å². The van der Waals surface area contributed by atoms with E-state index in [0.29, 0.717) is 23.4 Å². The Morgan fingerprint density at radius 1 is 1.06 bits per heavy atom. The summed E-state index contributed by atoms with van der Waals surface area (Å²) in [6, 6.07) is 14.7. The number of ether oxygens (including phenoxy) is 1. The zero-order valence-electron chi connectivity index (χ0n) is 20.8. The molecule has 7 nitrogen and oxygen atoms in total. The highest BCUT2D eigenvalue weighted by molar-refractivity contribution is 7.80. The van der Waals surface area contributed by atoms with Gasteiger partial charge in [0.15, 0.2) is 5.11 Å². The van der Waals surface area contributed by atoms with Crippen molar-refractivity contribution in [2.75, 3.05) is 11.5 Å². The fourth-order valence-electron chi connectivity index (χ4n) is 4.41. The molecule has 2 heterocycles. The van der Waals surface area contributed by atoms with Crippen molar-refractivity contribution in [3.05, 3.63) is 87.7 Å². The smallest absolute Gasteiger partial charge is 0.338 e. The number of hydrogen-bond acceptors (Lipinski definition) is 5. The van der Waals surface area contributed by atoms with Crippen LogP contribution in [0.25, 0.3) is 11.8 Å². The minimum absolute atomic E-state index is 0.0101. The summed E-state index contributed by atoms with van der Waals surface area (Å²) in [6.45, 7) is 9.74. The maximum Gasteiger partial charge on any atom is 0.338 e. The van der Waals surface area contributed by atoms with Gasteiger partial charge in [-0.1, -0.05) is 23.8 Å². The van der Waals surface area contributed by atoms with Crippen LogP contribution in [0.5, 0.6) is 0 Å². The Labute approximate surface area is 215 Å². The first-order chi connectivity index (χ1) is 17.1. The number of nitrogens with one attached hydrogen (secondary N) is 1. The van der Waals surface area contributed by atoms with E-state index in [9.17, 15) is 14.4 Å². The molecule has 1 aromatic heterocycles. The van der Waals surface area contributed by atoms with E-state index in [2.05, 4.69) is 5.32 Å². The Balaban J connectivity index is 1.75. The highest BCUT2D eigenvalue weighted by Crippen LogP contribution is 2.28. The van der Waals surface area contributed by atoms with Crippen LogP contribution in [-0.4, -0.2) is 34.1 Å². The quantitative estimate of drug-likeness (QED) is 0.237. The predicted molar refractivity (Wildman–Crippen MR) is 143 cm³/mol. The van der Waals surface area contributed by atoms with Crippen LogP contribution in [0.1, 0.15) is 45.4 Å². The average Bonchev–Trinajstić information content (AvgIpc) is 3.10. The van der Waals surface area contributed by atoms with Gasteiger partial charge in [0.25, 0.3) is 11.8 Å². The first kappa shape index (κ1) is 25.1. The Hall–Kier alpha value is -4.04. The zero-order chi connectivity index (χ0) is 26.1. The van der Waals surface area contributed by atoms with Crippen LogP contribution in [0, 0.1) is 27.7 Å². The number of hydrogen-bond donors (Lipinski definition) is 1. The summed E-state index contributed by atoms with van der Waals surface area (Å²) in [7, 11) is 0. The van der Waals surface area contributed by atoms with Gasteiger partial charge in [0.1, 0.15) is 5.57 Å². The molecule has 184 valence electrons. The third kappa shape index (κ3) is 4.59. The highest BCUT2D eigenvalue weighted by Gasteiger charge is 2.35. The van der Waals surface area contributed by atoms with E-state index in [-0.39, 0.29) is 10.7 Å². The third-order valence-corrected chi connectivity index (χ3v) is 6.37. The predicted octanol–water partition coefficient (Wildman–Crippen LogP) is 4.72. The Kier molecular flexibility index (Phi) is 6.90. The van der Waals surface area contributed by atoms with Crippen LogP contribution in [0.15, 0.2) is 54.1 Å². The second-order valence-corrected chi connectivity index (χ2v) is 9.07. The van der Waals surface area contributed by atoms with Gasteiger partial charge in [0.2, 0.25) is 0 Å². The number of nitrogens with zero attached hydrogens (tertiary/aromatic N) is 2. The summed E-state index contributed by atoms with van der Waals surface area (Å²) in [5.74, 6) is -1.42. The van der Waals surface area contributed by atoms with Crippen molar-refractivity contribution in [2.24, 2.45) is 0 Å². The van der Waals surface area contributed by atoms with Crippen molar-refractivity contribution in [1.29, 1.82) is 0 Å². The largest absolute Gasteiger partial charge is 0.462 e. The Bertz CT molecular complexity index is 1450. The van der Waals surface area contributed by atoms with Crippen LogP contribution < -0.4 is 10.2 Å². The van der Waals surface area contributed by atoms with E-state index in [1.807, 2.05) is 62.6 Å². The van der Waals surface area contributed by atoms with E-state index in [1.165, 1.54) is 4.90 Å². The molecule has 8 heteroatoms. The first-order valence-corrected chi connectivity index (χ1v) is 12.0. The molecule has 0 spiro atoms. The third-order valence-electron chi connectivity index (χ3n) is 6.08. The lowest BCUT2D eigenvalue weighted by Crippen LogP contribution is -2.54. The van der Waals surface area contributed by atoms with E-state index in [0.717, 1.165) is 28.2 Å². The lowest BCUT2D eigenvalue weighted by Gasteiger charge is -2.30. The molecule has 0 radical (unpaired) electrons. The number of aryl methyl sites for hydroxylation is 3. The van der Waals surface area contributed by atoms with Gasteiger partial charge in [-0.3, -0.25) is 19.8 Å². The molecule has 1 fully saturated rings. The summed E-state index contributed by atoms with van der Waals surface area (Å²) in [4.78, 5) is 39.9. The van der Waals surface area contributed by atoms with Crippen LogP contribution in [0.2, 0.25) is 0 Å². The Morgan fingerprint density at radius 3 is 2.50 bits per heavy atom. The SMILES string of the molecule is CCOC(=O)c1cccc(-n2c(C)cc(/C=C3\C(=O)NC(=S)N(c4ccc(C)cc4C)C3=O)c2C)c1. The zero-order valence-corrected chi connectivity index (χ0v) is 21.7. The molecule has 1 N–H and O–H groups in total. The van der Waals surface area contributed by atoms with Gasteiger partial charge >= 0.3 is 5.97 Å². The number of esters is 1. The van der Waals surface area contributed by atoms with E-state index in [4.69, 9.17) is 17.0 Å². The van der Waals surface area contributed by atoms with Crippen molar-refractivity contribution >= 4 is 46.9 Å². The molecule has 1 saturated heterocycles. The average molecular weight is 502 g/mol. The monoisotopic (exact) mass is 501 g/mol. The molecule has 0 bridgehead atoms. The Morgan fingerprint density at radius 2 is 1.81 bits per heavy atom. The second-order valence-electron chi connectivity index (χ2n) is 8.68. The molecular formula is C28H27N3O4S. The summed E-state index contributed by atoms with van der Waals surface area (Å²) in [6.07, 6.45) is 1.59. The van der Waals surface area contributed by atoms with Crippen molar-refractivity contribution in [1.82, 2.24) is 9.88 Å². The lowest BCUT2D eigenvalue weighted by molar-refractivity contribution is -0.122. The first-order valence-electron chi connectivity index (χ1n) is 11.6. The molecule has 36 heavy (non-hydrogen) atoms. The van der Waals surface area contributed by atoms with Crippen LogP contribution in [0.4, 0.5) is 5.69 Å². The normalized spacial score (nSPS) is 14.9. The van der Waals surface area contributed by atoms with Crippen molar-refractivity contribution in [3.63, 3.8) is 0 Å². The number of carbonyl (C=O) groups is 3. The summed E-state index contributed by atoms with van der Waals surface area (Å²) in [5, 5.41) is 2.70. The van der Waals surface area contributed by atoms with E-state index < -0.39 is 17.8 Å². The van der Waals surface area contributed by atoms with Gasteiger partial charge < -0.3 is 9.30 Å². The second kappa shape index (κ2) is 9.91. The molecule has 0 aliphatic carbocycles. The van der Waals surface area contributed by atoms with Crippen molar-refractivity contribution < 1.29 is 19.1 Å². The molecule has 0 unspecified atom stereocenters. The van der Waals surface area contributed by atoms with Gasteiger partial charge in [-0.05, 0) is 94.4 Å². The molecule has 2 amide bonds. The lowest BCUT2D eigenvalue weighted by atomic mass is 10.0. The fourth-order valence-corrected chi connectivity index (χ4v) is 4.68. The number of anilines is 1. The van der Waals surface area contributed by atoms with Gasteiger partial charge in [-0.25, -0.2) is 4.79 Å². The van der Waals surface area contributed by atoms with Gasteiger partial charge in [0, 0.05) is 17.1 Å². The number of amides is 2. The molecule has 4 rings (SSSR count). The van der Waals surface area contributed by atoms with Crippen molar-refractivity contribution in [3.8, 4) is 5.69 Å². The van der Waals surface area contributed by atoms with E-state index >= 15 is 0 Å². The minimum Gasteiger partial charge on any atom is -0.462 e. The fraction of sp³-hybridized carbons (Fsp3) is 0.214. The summed E-state index contributed by atoms with van der Waals surface area (Å²) in [5.41, 5.74) is 6.18. The van der Waals surface area contributed by atoms with Gasteiger partial charge in [0.05, 0.1) is 17.9 Å². The molecule has 2 aromatic carbocycles. The maximum atomic E-state index is 13.5. The number of thiocarbonyl (C=S) groups is 1. The van der Waals surface area contributed by atoms with Gasteiger partial charge in [-0.15, -0.1) is 0 Å². The molecule has 3 aromatic rings. The van der Waals surface area contributed by atoms with Crippen LogP contribution in [-0.2, 0) is 14.3 Å². The van der Waals surface area contributed by atoms with Crippen molar-refractivity contribution in [2.45, 2.75) is 34.6 Å². The number of benzene rings is 2. The molecular weight excluding hydrogens is 474 g/mol. The number of aromatic nitrogens is 1. The van der Waals surface area contributed by atoms with Crippen LogP contribution >= 0.6 is 12.2 Å². The summed E-state index contributed by atoms with van der Waals surface area (Å²) < 4.78 is 7.09. The standard InChI is InChI=1S/C28H27N3O4S/c1-6-35-27(34)20-8-7-9-22(14-20)30-18(4)13-21(19(30)5)15-23-25(32)29-28(36)31(26(23)33)24-11-10-16(2)12-17(24)3/h7-15H,6H2,1-5H3,(H,29,32,36)/b23-15+.